The van der Waals surface area contributed by atoms with Crippen LogP contribution in [0.15, 0.2) is 101 Å². The Morgan fingerprint density at radius 1 is 0.906 bits per heavy atom. The first kappa shape index (κ1) is 21.6. The number of hydrazone groups is 1. The minimum atomic E-state index is -0.337. The molecule has 1 amide bonds. The summed E-state index contributed by atoms with van der Waals surface area (Å²) < 4.78 is 12.5. The molecule has 4 aromatic rings. The second kappa shape index (κ2) is 10.6. The standard InChI is InChI=1S/C26H21BrN2O3/c27-22-10-3-7-20(14-22)17-31-23-11-4-6-19(15-23)16-28-29-26(30)18-32-25-13-5-9-21-8-1-2-12-24(21)25/h1-16H,17-18H2,(H,29,30). The molecule has 0 aliphatic carbocycles. The minimum absolute atomic E-state index is 0.124. The van der Waals surface area contributed by atoms with Crippen molar-refractivity contribution in [3.8, 4) is 11.5 Å². The number of fused-ring (bicyclic) bond motifs is 1. The van der Waals surface area contributed by atoms with E-state index >= 15 is 0 Å². The van der Waals surface area contributed by atoms with Gasteiger partial charge in [0.05, 0.1) is 6.21 Å². The molecule has 0 aliphatic rings. The maximum atomic E-state index is 12.1. The zero-order valence-corrected chi connectivity index (χ0v) is 18.8. The third kappa shape index (κ3) is 5.95. The van der Waals surface area contributed by atoms with E-state index in [1.54, 1.807) is 6.21 Å². The predicted octanol–water partition coefficient (Wildman–Crippen LogP) is 5.71. The Labute approximate surface area is 194 Å². The summed E-state index contributed by atoms with van der Waals surface area (Å²) in [6.45, 7) is 0.337. The lowest BCUT2D eigenvalue weighted by Gasteiger charge is -2.08. The Morgan fingerprint density at radius 3 is 2.62 bits per heavy atom. The minimum Gasteiger partial charge on any atom is -0.489 e. The fourth-order valence-corrected chi connectivity index (χ4v) is 3.60. The molecule has 32 heavy (non-hydrogen) atoms. The normalized spacial score (nSPS) is 10.9. The Bertz CT molecular complexity index is 1250. The van der Waals surface area contributed by atoms with E-state index in [0.717, 1.165) is 32.1 Å². The number of nitrogens with one attached hydrogen (secondary N) is 1. The van der Waals surface area contributed by atoms with Gasteiger partial charge in [-0.15, -0.1) is 0 Å². The van der Waals surface area contributed by atoms with Gasteiger partial charge in [0.25, 0.3) is 5.91 Å². The maximum absolute atomic E-state index is 12.1. The van der Waals surface area contributed by atoms with Crippen LogP contribution in [0.5, 0.6) is 11.5 Å². The summed E-state index contributed by atoms with van der Waals surface area (Å²) >= 11 is 3.46. The molecule has 0 atom stereocenters. The summed E-state index contributed by atoms with van der Waals surface area (Å²) in [6.07, 6.45) is 1.57. The summed E-state index contributed by atoms with van der Waals surface area (Å²) in [7, 11) is 0. The number of ether oxygens (including phenoxy) is 2. The number of hydrogen-bond donors (Lipinski definition) is 1. The fraction of sp³-hybridized carbons (Fsp3) is 0.0769. The van der Waals surface area contributed by atoms with Gasteiger partial charge < -0.3 is 9.47 Å². The second-order valence-electron chi connectivity index (χ2n) is 7.05. The van der Waals surface area contributed by atoms with E-state index < -0.39 is 0 Å². The average molecular weight is 489 g/mol. The third-order valence-electron chi connectivity index (χ3n) is 4.66. The average Bonchev–Trinajstić information content (AvgIpc) is 2.82. The van der Waals surface area contributed by atoms with Crippen LogP contribution in [-0.4, -0.2) is 18.7 Å². The quantitative estimate of drug-likeness (QED) is 0.255. The lowest BCUT2D eigenvalue weighted by molar-refractivity contribution is -0.123. The van der Waals surface area contributed by atoms with E-state index in [1.807, 2.05) is 91.0 Å². The van der Waals surface area contributed by atoms with Crippen molar-refractivity contribution in [2.75, 3.05) is 6.61 Å². The molecule has 0 saturated carbocycles. The van der Waals surface area contributed by atoms with Crippen LogP contribution in [0.4, 0.5) is 0 Å². The molecule has 0 radical (unpaired) electrons. The molecule has 0 aromatic heterocycles. The van der Waals surface area contributed by atoms with Crippen LogP contribution in [0.1, 0.15) is 11.1 Å². The van der Waals surface area contributed by atoms with E-state index in [9.17, 15) is 4.79 Å². The highest BCUT2D eigenvalue weighted by atomic mass is 79.9. The van der Waals surface area contributed by atoms with Crippen molar-refractivity contribution in [2.24, 2.45) is 5.10 Å². The molecule has 4 aromatic carbocycles. The summed E-state index contributed by atoms with van der Waals surface area (Å²) in [5.41, 5.74) is 4.37. The lowest BCUT2D eigenvalue weighted by atomic mass is 10.1. The molecular formula is C26H21BrN2O3. The number of halogens is 1. The van der Waals surface area contributed by atoms with Crippen LogP contribution >= 0.6 is 15.9 Å². The third-order valence-corrected chi connectivity index (χ3v) is 5.16. The van der Waals surface area contributed by atoms with Crippen molar-refractivity contribution in [2.45, 2.75) is 6.61 Å². The van der Waals surface area contributed by atoms with E-state index in [2.05, 4.69) is 26.5 Å². The number of nitrogens with zero attached hydrogens (tertiary/aromatic N) is 1. The fourth-order valence-electron chi connectivity index (χ4n) is 3.15. The van der Waals surface area contributed by atoms with Gasteiger partial charge in [0.2, 0.25) is 0 Å². The molecule has 0 aliphatic heterocycles. The summed E-state index contributed by atoms with van der Waals surface area (Å²) in [5.74, 6) is 1.05. The van der Waals surface area contributed by atoms with Gasteiger partial charge in [0.1, 0.15) is 18.1 Å². The molecule has 0 spiro atoms. The monoisotopic (exact) mass is 488 g/mol. The van der Waals surface area contributed by atoms with Gasteiger partial charge in [-0.1, -0.05) is 76.6 Å². The largest absolute Gasteiger partial charge is 0.489 e. The van der Waals surface area contributed by atoms with Crippen LogP contribution < -0.4 is 14.9 Å². The van der Waals surface area contributed by atoms with Crippen molar-refractivity contribution in [3.63, 3.8) is 0 Å². The Hall–Kier alpha value is -3.64. The molecule has 1 N–H and O–H groups in total. The Morgan fingerprint density at radius 2 is 1.72 bits per heavy atom. The predicted molar refractivity (Wildman–Crippen MR) is 130 cm³/mol. The SMILES string of the molecule is O=C(COc1cccc2ccccc12)NN=Cc1cccc(OCc2cccc(Br)c2)c1. The number of carbonyl (C=O) groups is 1. The van der Waals surface area contributed by atoms with Crippen molar-refractivity contribution in [1.29, 1.82) is 0 Å². The number of benzene rings is 4. The molecule has 0 saturated heterocycles. The molecular weight excluding hydrogens is 468 g/mol. The van der Waals surface area contributed by atoms with Crippen molar-refractivity contribution < 1.29 is 14.3 Å². The highest BCUT2D eigenvalue weighted by Gasteiger charge is 2.05. The highest BCUT2D eigenvalue weighted by Crippen LogP contribution is 2.25. The molecule has 0 fully saturated rings. The number of hydrogen-bond acceptors (Lipinski definition) is 4. The van der Waals surface area contributed by atoms with E-state index in [1.165, 1.54) is 0 Å². The van der Waals surface area contributed by atoms with Gasteiger partial charge in [-0.3, -0.25) is 4.79 Å². The molecule has 0 heterocycles. The van der Waals surface area contributed by atoms with E-state index in [4.69, 9.17) is 9.47 Å². The lowest BCUT2D eigenvalue weighted by Crippen LogP contribution is -2.24. The first-order valence-corrected chi connectivity index (χ1v) is 10.9. The van der Waals surface area contributed by atoms with Crippen LogP contribution in [0, 0.1) is 0 Å². The molecule has 5 nitrogen and oxygen atoms in total. The highest BCUT2D eigenvalue weighted by molar-refractivity contribution is 9.10. The molecule has 160 valence electrons. The zero-order valence-electron chi connectivity index (χ0n) is 17.2. The molecule has 6 heteroatoms. The summed E-state index contributed by atoms with van der Waals surface area (Å²) in [6, 6.07) is 29.1. The first-order chi connectivity index (χ1) is 15.7. The first-order valence-electron chi connectivity index (χ1n) is 10.1. The summed E-state index contributed by atoms with van der Waals surface area (Å²) in [4.78, 5) is 12.1. The van der Waals surface area contributed by atoms with Crippen LogP contribution in [0.25, 0.3) is 10.8 Å². The number of rotatable bonds is 8. The van der Waals surface area contributed by atoms with Gasteiger partial charge in [-0.25, -0.2) is 5.43 Å². The van der Waals surface area contributed by atoms with E-state index in [0.29, 0.717) is 12.4 Å². The van der Waals surface area contributed by atoms with Crippen molar-refractivity contribution >= 4 is 38.8 Å². The second-order valence-corrected chi connectivity index (χ2v) is 7.97. The molecule has 0 bridgehead atoms. The van der Waals surface area contributed by atoms with Gasteiger partial charge in [0, 0.05) is 9.86 Å². The maximum Gasteiger partial charge on any atom is 0.277 e. The van der Waals surface area contributed by atoms with Crippen molar-refractivity contribution in [3.05, 3.63) is 107 Å². The van der Waals surface area contributed by atoms with Crippen LogP contribution in [0.3, 0.4) is 0 Å². The number of amides is 1. The molecule has 0 unspecified atom stereocenters. The van der Waals surface area contributed by atoms with Crippen LogP contribution in [0.2, 0.25) is 0 Å². The van der Waals surface area contributed by atoms with E-state index in [-0.39, 0.29) is 12.5 Å². The Balaban J connectivity index is 1.29. The van der Waals surface area contributed by atoms with Crippen molar-refractivity contribution in [1.82, 2.24) is 5.43 Å². The van der Waals surface area contributed by atoms with Gasteiger partial charge in [-0.2, -0.15) is 5.10 Å². The zero-order chi connectivity index (χ0) is 22.2. The number of carbonyl (C=O) groups excluding carboxylic acids is 1. The smallest absolute Gasteiger partial charge is 0.277 e. The Kier molecular flexibility index (Phi) is 7.15. The van der Waals surface area contributed by atoms with Gasteiger partial charge in [0.15, 0.2) is 6.61 Å². The van der Waals surface area contributed by atoms with Gasteiger partial charge >= 0.3 is 0 Å². The van der Waals surface area contributed by atoms with Gasteiger partial charge in [-0.05, 0) is 46.8 Å². The van der Waals surface area contributed by atoms with Crippen LogP contribution in [-0.2, 0) is 11.4 Å². The molecule has 4 rings (SSSR count). The topological polar surface area (TPSA) is 59.9 Å². The summed E-state index contributed by atoms with van der Waals surface area (Å²) in [5, 5.41) is 6.05.